The van der Waals surface area contributed by atoms with Crippen molar-refractivity contribution >= 4 is 11.6 Å². The van der Waals surface area contributed by atoms with Crippen LogP contribution in [-0.4, -0.2) is 5.91 Å². The van der Waals surface area contributed by atoms with E-state index in [4.69, 9.17) is 5.26 Å². The second-order valence-corrected chi connectivity index (χ2v) is 4.75. The largest absolute Gasteiger partial charge is 0.326 e. The molecule has 2 N–H and O–H groups in total. The number of benzene rings is 2. The zero-order chi connectivity index (χ0) is 15.1. The molecule has 0 fully saturated rings. The SMILES string of the molecule is CC(=O)Nc1ccccc1CNCc1ccc(C#N)cc1. The third-order valence-corrected chi connectivity index (χ3v) is 3.06. The van der Waals surface area contributed by atoms with E-state index in [0.29, 0.717) is 18.7 Å². The fraction of sp³-hybridized carbons (Fsp3) is 0.176. The normalized spacial score (nSPS) is 9.90. The van der Waals surface area contributed by atoms with Gasteiger partial charge in [0.05, 0.1) is 11.6 Å². The number of carbonyl (C=O) groups is 1. The van der Waals surface area contributed by atoms with Gasteiger partial charge in [-0.05, 0) is 29.3 Å². The number of nitrogens with one attached hydrogen (secondary N) is 2. The fourth-order valence-corrected chi connectivity index (χ4v) is 2.02. The highest BCUT2D eigenvalue weighted by molar-refractivity contribution is 5.89. The lowest BCUT2D eigenvalue weighted by molar-refractivity contribution is -0.114. The van der Waals surface area contributed by atoms with E-state index >= 15 is 0 Å². The molecule has 0 heterocycles. The van der Waals surface area contributed by atoms with E-state index in [9.17, 15) is 4.79 Å². The molecule has 0 aliphatic heterocycles. The Labute approximate surface area is 124 Å². The first-order chi connectivity index (χ1) is 10.2. The summed E-state index contributed by atoms with van der Waals surface area (Å²) in [6, 6.07) is 17.3. The number of hydrogen-bond acceptors (Lipinski definition) is 3. The van der Waals surface area contributed by atoms with Crippen LogP contribution in [0, 0.1) is 11.3 Å². The van der Waals surface area contributed by atoms with Crippen LogP contribution in [0.3, 0.4) is 0 Å². The maximum Gasteiger partial charge on any atom is 0.221 e. The lowest BCUT2D eigenvalue weighted by atomic mass is 10.1. The lowest BCUT2D eigenvalue weighted by Crippen LogP contribution is -2.15. The van der Waals surface area contributed by atoms with Gasteiger partial charge in [-0.3, -0.25) is 4.79 Å². The van der Waals surface area contributed by atoms with Gasteiger partial charge < -0.3 is 10.6 Å². The molecule has 0 saturated heterocycles. The summed E-state index contributed by atoms with van der Waals surface area (Å²) >= 11 is 0. The molecule has 0 saturated carbocycles. The number of carbonyl (C=O) groups excluding carboxylic acids is 1. The molecular formula is C17H17N3O. The fourth-order valence-electron chi connectivity index (χ4n) is 2.02. The summed E-state index contributed by atoms with van der Waals surface area (Å²) in [6.07, 6.45) is 0. The summed E-state index contributed by atoms with van der Waals surface area (Å²) in [5.74, 6) is -0.0745. The Balaban J connectivity index is 1.94. The quantitative estimate of drug-likeness (QED) is 0.884. The number of rotatable bonds is 5. The molecular weight excluding hydrogens is 262 g/mol. The summed E-state index contributed by atoms with van der Waals surface area (Å²) in [7, 11) is 0. The highest BCUT2D eigenvalue weighted by atomic mass is 16.1. The van der Waals surface area contributed by atoms with E-state index in [2.05, 4.69) is 16.7 Å². The second-order valence-electron chi connectivity index (χ2n) is 4.75. The van der Waals surface area contributed by atoms with Crippen molar-refractivity contribution in [1.29, 1.82) is 5.26 Å². The van der Waals surface area contributed by atoms with Gasteiger partial charge in [-0.1, -0.05) is 30.3 Å². The van der Waals surface area contributed by atoms with E-state index in [1.807, 2.05) is 48.5 Å². The highest BCUT2D eigenvalue weighted by Gasteiger charge is 2.03. The predicted octanol–water partition coefficient (Wildman–Crippen LogP) is 2.81. The van der Waals surface area contributed by atoms with Gasteiger partial charge in [-0.15, -0.1) is 0 Å². The molecule has 0 atom stereocenters. The van der Waals surface area contributed by atoms with Crippen LogP contribution in [0.5, 0.6) is 0 Å². The van der Waals surface area contributed by atoms with Crippen molar-refractivity contribution in [2.24, 2.45) is 0 Å². The van der Waals surface area contributed by atoms with Crippen LogP contribution in [0.1, 0.15) is 23.6 Å². The van der Waals surface area contributed by atoms with E-state index < -0.39 is 0 Å². The van der Waals surface area contributed by atoms with Gasteiger partial charge >= 0.3 is 0 Å². The zero-order valence-electron chi connectivity index (χ0n) is 11.9. The summed E-state index contributed by atoms with van der Waals surface area (Å²) in [6.45, 7) is 2.87. The van der Waals surface area contributed by atoms with Crippen molar-refractivity contribution in [2.75, 3.05) is 5.32 Å². The monoisotopic (exact) mass is 279 g/mol. The van der Waals surface area contributed by atoms with E-state index in [-0.39, 0.29) is 5.91 Å². The number of hydrogen-bond donors (Lipinski definition) is 2. The number of para-hydroxylation sites is 1. The topological polar surface area (TPSA) is 64.9 Å². The molecule has 106 valence electrons. The number of nitriles is 1. The summed E-state index contributed by atoms with van der Waals surface area (Å²) in [5, 5.41) is 14.9. The minimum absolute atomic E-state index is 0.0745. The lowest BCUT2D eigenvalue weighted by Gasteiger charge is -2.11. The van der Waals surface area contributed by atoms with Crippen molar-refractivity contribution < 1.29 is 4.79 Å². The minimum atomic E-state index is -0.0745. The smallest absolute Gasteiger partial charge is 0.221 e. The van der Waals surface area contributed by atoms with Gasteiger partial charge in [0.1, 0.15) is 0 Å². The summed E-state index contributed by atoms with van der Waals surface area (Å²) in [4.78, 5) is 11.2. The van der Waals surface area contributed by atoms with Crippen molar-refractivity contribution in [1.82, 2.24) is 5.32 Å². The molecule has 0 aliphatic rings. The van der Waals surface area contributed by atoms with Crippen molar-refractivity contribution in [3.05, 3.63) is 65.2 Å². The summed E-state index contributed by atoms with van der Waals surface area (Å²) in [5.41, 5.74) is 3.65. The van der Waals surface area contributed by atoms with Crippen LogP contribution in [0.4, 0.5) is 5.69 Å². The molecule has 0 bridgehead atoms. The first kappa shape index (κ1) is 14.8. The molecule has 2 rings (SSSR count). The first-order valence-corrected chi connectivity index (χ1v) is 6.74. The number of anilines is 1. The van der Waals surface area contributed by atoms with E-state index in [1.165, 1.54) is 6.92 Å². The van der Waals surface area contributed by atoms with E-state index in [0.717, 1.165) is 16.8 Å². The molecule has 0 unspecified atom stereocenters. The van der Waals surface area contributed by atoms with Gasteiger partial charge in [0.15, 0.2) is 0 Å². The van der Waals surface area contributed by atoms with Gasteiger partial charge in [0.2, 0.25) is 5.91 Å². The van der Waals surface area contributed by atoms with Gasteiger partial charge in [-0.25, -0.2) is 0 Å². The third kappa shape index (κ3) is 4.44. The zero-order valence-corrected chi connectivity index (χ0v) is 11.9. The third-order valence-electron chi connectivity index (χ3n) is 3.06. The van der Waals surface area contributed by atoms with E-state index in [1.54, 1.807) is 0 Å². The Morgan fingerprint density at radius 3 is 2.48 bits per heavy atom. The Morgan fingerprint density at radius 2 is 1.81 bits per heavy atom. The molecule has 1 amide bonds. The molecule has 4 heteroatoms. The minimum Gasteiger partial charge on any atom is -0.326 e. The molecule has 0 radical (unpaired) electrons. The first-order valence-electron chi connectivity index (χ1n) is 6.74. The Bertz CT molecular complexity index is 656. The molecule has 2 aromatic carbocycles. The van der Waals surface area contributed by atoms with Crippen LogP contribution in [0.15, 0.2) is 48.5 Å². The van der Waals surface area contributed by atoms with Crippen molar-refractivity contribution in [2.45, 2.75) is 20.0 Å². The Kier molecular flexibility index (Phi) is 5.08. The predicted molar refractivity (Wildman–Crippen MR) is 82.4 cm³/mol. The Hall–Kier alpha value is -2.64. The van der Waals surface area contributed by atoms with Crippen molar-refractivity contribution in [3.63, 3.8) is 0 Å². The van der Waals surface area contributed by atoms with Crippen LogP contribution in [0.2, 0.25) is 0 Å². The maximum absolute atomic E-state index is 11.2. The average molecular weight is 279 g/mol. The van der Waals surface area contributed by atoms with Gasteiger partial charge in [0.25, 0.3) is 0 Å². The van der Waals surface area contributed by atoms with Crippen LogP contribution < -0.4 is 10.6 Å². The molecule has 4 nitrogen and oxygen atoms in total. The number of amides is 1. The maximum atomic E-state index is 11.2. The van der Waals surface area contributed by atoms with Crippen LogP contribution in [-0.2, 0) is 17.9 Å². The highest BCUT2D eigenvalue weighted by Crippen LogP contribution is 2.14. The molecule has 2 aromatic rings. The molecule has 0 aromatic heterocycles. The molecule has 0 spiro atoms. The molecule has 21 heavy (non-hydrogen) atoms. The van der Waals surface area contributed by atoms with Crippen LogP contribution in [0.25, 0.3) is 0 Å². The Morgan fingerprint density at radius 1 is 1.10 bits per heavy atom. The summed E-state index contributed by atoms with van der Waals surface area (Å²) < 4.78 is 0. The standard InChI is InChI=1S/C17H17N3O/c1-13(21)20-17-5-3-2-4-16(17)12-19-11-15-8-6-14(10-18)7-9-15/h2-9,19H,11-12H2,1H3,(H,20,21). The van der Waals surface area contributed by atoms with Crippen molar-refractivity contribution in [3.8, 4) is 6.07 Å². The second kappa shape index (κ2) is 7.22. The number of nitrogens with zero attached hydrogens (tertiary/aromatic N) is 1. The van der Waals surface area contributed by atoms with Gasteiger partial charge in [0, 0.05) is 25.7 Å². The van der Waals surface area contributed by atoms with Crippen LogP contribution >= 0.6 is 0 Å². The average Bonchev–Trinajstić information content (AvgIpc) is 2.49. The molecule has 0 aliphatic carbocycles. The van der Waals surface area contributed by atoms with Gasteiger partial charge in [-0.2, -0.15) is 5.26 Å².